The third-order valence-corrected chi connectivity index (χ3v) is 21.0. The molecule has 3 saturated heterocycles. The molecule has 0 radical (unpaired) electrons. The molecule has 14 atom stereocenters. The van der Waals surface area contributed by atoms with E-state index >= 15 is 0 Å². The highest BCUT2D eigenvalue weighted by molar-refractivity contribution is 7.54. The lowest BCUT2D eigenvalue weighted by Gasteiger charge is -2.37. The Morgan fingerprint density at radius 3 is 1.68 bits per heavy atom. The fraction of sp³-hybridized carbons (Fsp3) is 0.924. The predicted molar refractivity (Wildman–Crippen MR) is 365 cm³/mol. The summed E-state index contributed by atoms with van der Waals surface area (Å²) in [5.41, 5.74) is -1.20. The summed E-state index contributed by atoms with van der Waals surface area (Å²) in [6.07, 6.45) is 8.50. The largest absolute Gasteiger partial charge is 0.378 e. The summed E-state index contributed by atoms with van der Waals surface area (Å²) in [6, 6.07) is 0.837. The molecule has 25 heteroatoms. The second-order valence-electron chi connectivity index (χ2n) is 28.8. The number of carbonyl (C=O) groups is 3. The number of rotatable bonds is 30. The zero-order chi connectivity index (χ0) is 70.3. The molecule has 0 aromatic carbocycles. The summed E-state index contributed by atoms with van der Waals surface area (Å²) >= 11 is 0. The first kappa shape index (κ1) is 89.3. The van der Waals surface area contributed by atoms with Crippen LogP contribution in [0.25, 0.3) is 0 Å². The van der Waals surface area contributed by atoms with Crippen molar-refractivity contribution in [1.29, 1.82) is 0 Å². The second-order valence-corrected chi connectivity index (χ2v) is 35.8. The molecular formula is C66H135N5O17P3+. The van der Waals surface area contributed by atoms with Crippen LogP contribution in [0, 0.1) is 35.5 Å². The molecule has 0 aromatic heterocycles. The van der Waals surface area contributed by atoms with E-state index in [-0.39, 0.29) is 96.8 Å². The van der Waals surface area contributed by atoms with Gasteiger partial charge in [0.15, 0.2) is 6.04 Å². The zero-order valence-corrected chi connectivity index (χ0v) is 64.0. The number of quaternary nitrogens is 1. The van der Waals surface area contributed by atoms with Gasteiger partial charge in [0.25, 0.3) is 5.91 Å². The van der Waals surface area contributed by atoms with Crippen LogP contribution >= 0.6 is 22.8 Å². The molecule has 0 aromatic rings. The van der Waals surface area contributed by atoms with Crippen molar-refractivity contribution in [2.24, 2.45) is 35.5 Å². The number of allylic oxidation sites excluding steroid dienone is 1. The van der Waals surface area contributed by atoms with E-state index in [0.717, 1.165) is 45.2 Å². The minimum Gasteiger partial charge on any atom is -0.378 e. The van der Waals surface area contributed by atoms with Gasteiger partial charge in [-0.3, -0.25) is 28.1 Å². The third kappa shape index (κ3) is 39.4. The molecule has 1 aliphatic carbocycles. The van der Waals surface area contributed by atoms with Gasteiger partial charge in [0.1, 0.15) is 6.10 Å². The Balaban J connectivity index is 0.00000111. The number of carbonyl (C=O) groups excluding carboxylic acids is 3. The van der Waals surface area contributed by atoms with Crippen molar-refractivity contribution in [3.63, 3.8) is 0 Å². The van der Waals surface area contributed by atoms with Crippen LogP contribution in [0.1, 0.15) is 212 Å². The van der Waals surface area contributed by atoms with E-state index < -0.39 is 34.1 Å². The van der Waals surface area contributed by atoms with Gasteiger partial charge in [-0.25, -0.2) is 4.62 Å². The molecule has 22 nitrogen and oxygen atoms in total. The Labute approximate surface area is 552 Å². The van der Waals surface area contributed by atoms with E-state index in [2.05, 4.69) is 78.2 Å². The van der Waals surface area contributed by atoms with Gasteiger partial charge in [0.2, 0.25) is 11.8 Å². The van der Waals surface area contributed by atoms with Crippen LogP contribution < -0.4 is 15.5 Å². The Morgan fingerprint density at radius 2 is 1.19 bits per heavy atom. The Morgan fingerprint density at radius 1 is 0.659 bits per heavy atom. The number of nitrogens with one attached hydrogen (secondary N) is 3. The number of morpholine rings is 1. The van der Waals surface area contributed by atoms with Crippen molar-refractivity contribution in [2.45, 2.75) is 296 Å². The molecule has 3 heterocycles. The lowest BCUT2D eigenvalue weighted by Crippen LogP contribution is -3.18. The molecule has 6 N–H and O–H groups in total. The number of nitrogens with zero attached hydrogens (tertiary/aromatic N) is 2. The topological polar surface area (TPSA) is 272 Å². The molecule has 540 valence electrons. The smallest absolute Gasteiger partial charge is 0.347 e. The van der Waals surface area contributed by atoms with Crippen molar-refractivity contribution < 1.29 is 85.0 Å². The third-order valence-electron chi connectivity index (χ3n) is 15.5. The van der Waals surface area contributed by atoms with Crippen molar-refractivity contribution in [2.75, 3.05) is 65.7 Å². The first-order chi connectivity index (χ1) is 41.9. The molecule has 91 heavy (non-hydrogen) atoms. The number of ether oxygens (including phenoxy) is 5. The van der Waals surface area contributed by atoms with Gasteiger partial charge < -0.3 is 67.8 Å². The van der Waals surface area contributed by atoms with Crippen LogP contribution in [0.15, 0.2) is 12.2 Å². The van der Waals surface area contributed by atoms with Crippen molar-refractivity contribution in [1.82, 2.24) is 20.6 Å². The fourth-order valence-electron chi connectivity index (χ4n) is 9.75. The van der Waals surface area contributed by atoms with E-state index in [1.165, 1.54) is 9.96 Å². The lowest BCUT2D eigenvalue weighted by atomic mass is 9.87. The summed E-state index contributed by atoms with van der Waals surface area (Å²) in [7, 11) is -10.7. The van der Waals surface area contributed by atoms with Crippen LogP contribution in [0.2, 0.25) is 0 Å². The average Bonchev–Trinajstić information content (AvgIpc) is 2.41. The van der Waals surface area contributed by atoms with Crippen molar-refractivity contribution in [3.8, 4) is 0 Å². The van der Waals surface area contributed by atoms with Crippen molar-refractivity contribution in [3.05, 3.63) is 12.2 Å². The maximum atomic E-state index is 12.2. The molecule has 3 fully saturated rings. The molecule has 4 rings (SSSR count). The standard InChI is InChI=1S/C14H28N2O.C14H27O4P.C13H26N2O2.C13H27O5P.C12H26NO5P/c1-10(2)6-7-15-14(17)13-8-12(5)9-16(13)11(3)4;1-10(2)17-9-13-7-6-12(5)8-14(13)18-19(15,16)11(3)4;1-6-13(17)15(8-7-10(2)3)9-12(16)14-11(4)5;1-9(2)16-8-13-12(6-11(5)7-17-13)18-19(14,15)10(3)4;1-9(2)16-8-12-7-13(6-11(5)17-12)18-19(14,15)10(3)4/h10-13H,6-9H2,1-5H3,(H,15,17);6-7,10-14H,8-9H2,1-5H3,(H,15,16);10-11H,6-9H2,1-5H3,(H,14,16);9-13H,6-8H2,1-5H3,(H,14,15);9-12H,6-8H2,1-5H3,(H,14,15)/p+1. The minimum absolute atomic E-state index is 0.0459. The quantitative estimate of drug-likeness (QED) is 0.0288. The van der Waals surface area contributed by atoms with Crippen LogP contribution in [-0.4, -0.2) is 192 Å². The monoisotopic (exact) mass is 1360 g/mol. The normalized spacial score (nSPS) is 26.5. The summed E-state index contributed by atoms with van der Waals surface area (Å²) < 4.78 is 80.3. The Bertz CT molecular complexity index is 2190. The number of hydroxylamine groups is 2. The second kappa shape index (κ2) is 45.0. The number of hydrogen-bond acceptors (Lipinski definition) is 15. The first-order valence-corrected chi connectivity index (χ1v) is 39.2. The van der Waals surface area contributed by atoms with Crippen LogP contribution in [-0.2, 0) is 65.4 Å². The maximum Gasteiger partial charge on any atom is 0.347 e. The summed E-state index contributed by atoms with van der Waals surface area (Å²) in [5.74, 6) is 2.85. The molecule has 4 aliphatic rings. The summed E-state index contributed by atoms with van der Waals surface area (Å²) in [6.45, 7) is 54.7. The lowest BCUT2D eigenvalue weighted by molar-refractivity contribution is -0.925. The van der Waals surface area contributed by atoms with Crippen LogP contribution in [0.4, 0.5) is 0 Å². The molecule has 3 aliphatic heterocycles. The SMILES string of the molecule is CC(C)CCNC(=O)C1CC(C)C[NH+]1C(C)C.CC(C)OCC1CN(OP(=O)(O)C(C)C)CC(C)O1.CC1C=CC(COC(C)C)C(OP(=O)(O)C(C)C)C1.CC1COC(COC(C)C)C(OP(=O)(O)C(C)C)C1.CCC(=O)N(CCC(C)C)CC(=O)NC(C)C. The molecule has 0 spiro atoms. The number of likely N-dealkylation sites (tertiary alicyclic amines) is 1. The highest BCUT2D eigenvalue weighted by atomic mass is 31.2. The summed E-state index contributed by atoms with van der Waals surface area (Å²) in [4.78, 5) is 68.1. The van der Waals surface area contributed by atoms with E-state index in [1.54, 1.807) is 46.4 Å². The van der Waals surface area contributed by atoms with Gasteiger partial charge in [-0.15, -0.1) is 0 Å². The highest BCUT2D eigenvalue weighted by Gasteiger charge is 2.41. The van der Waals surface area contributed by atoms with E-state index in [0.29, 0.717) is 88.1 Å². The fourth-order valence-corrected chi connectivity index (χ4v) is 12.1. The zero-order valence-electron chi connectivity index (χ0n) is 61.3. The van der Waals surface area contributed by atoms with Gasteiger partial charge in [-0.2, -0.15) is 5.06 Å². The number of hydrogen-bond donors (Lipinski definition) is 6. The Hall–Kier alpha value is -1.68. The Kier molecular flexibility index (Phi) is 44.2. The van der Waals surface area contributed by atoms with E-state index in [1.807, 2.05) is 76.2 Å². The van der Waals surface area contributed by atoms with E-state index in [4.69, 9.17) is 37.4 Å². The first-order valence-electron chi connectivity index (χ1n) is 34.2. The van der Waals surface area contributed by atoms with E-state index in [9.17, 15) is 42.8 Å². The van der Waals surface area contributed by atoms with Gasteiger partial charge in [-0.1, -0.05) is 109 Å². The highest BCUT2D eigenvalue weighted by Crippen LogP contribution is 2.52. The van der Waals surface area contributed by atoms with Gasteiger partial charge >= 0.3 is 22.8 Å². The molecule has 0 saturated carbocycles. The molecule has 0 bridgehead atoms. The molecular weight excluding hydrogens is 1230 g/mol. The van der Waals surface area contributed by atoms with Gasteiger partial charge in [-0.05, 0) is 126 Å². The van der Waals surface area contributed by atoms with Crippen LogP contribution in [0.5, 0.6) is 0 Å². The average molecular weight is 1360 g/mol. The minimum atomic E-state index is -3.59. The van der Waals surface area contributed by atoms with Crippen molar-refractivity contribution >= 4 is 40.5 Å². The summed E-state index contributed by atoms with van der Waals surface area (Å²) in [5, 5.41) is 7.44. The van der Waals surface area contributed by atoms with Crippen LogP contribution in [0.3, 0.4) is 0 Å². The maximum absolute atomic E-state index is 12.2. The number of amides is 3. The van der Waals surface area contributed by atoms with Gasteiger partial charge in [0.05, 0.1) is 112 Å². The predicted octanol–water partition coefficient (Wildman–Crippen LogP) is 11.1. The molecule has 3 amide bonds. The molecule has 14 unspecified atom stereocenters. The van der Waals surface area contributed by atoms with Gasteiger partial charge in [0, 0.05) is 50.4 Å².